The number of hydrogen-bond acceptors (Lipinski definition) is 5. The van der Waals surface area contributed by atoms with E-state index in [9.17, 15) is 18.4 Å². The summed E-state index contributed by atoms with van der Waals surface area (Å²) in [5, 5.41) is 5.46. The molecule has 2 N–H and O–H groups in total. The highest BCUT2D eigenvalue weighted by molar-refractivity contribution is 6.03. The van der Waals surface area contributed by atoms with Crippen LogP contribution in [0.2, 0.25) is 0 Å². The van der Waals surface area contributed by atoms with Crippen LogP contribution in [0.3, 0.4) is 0 Å². The molecule has 0 saturated heterocycles. The van der Waals surface area contributed by atoms with Crippen LogP contribution in [0, 0.1) is 11.6 Å². The van der Waals surface area contributed by atoms with Crippen LogP contribution in [-0.4, -0.2) is 31.4 Å². The van der Waals surface area contributed by atoms with Crippen molar-refractivity contribution < 1.29 is 23.1 Å². The van der Waals surface area contributed by atoms with E-state index in [1.807, 2.05) is 5.32 Å². The van der Waals surface area contributed by atoms with Crippen LogP contribution in [0.15, 0.2) is 23.3 Å². The minimum absolute atomic E-state index is 0.323. The van der Waals surface area contributed by atoms with Crippen LogP contribution in [0.25, 0.3) is 0 Å². The number of alkyl carbamates (subject to hydrolysis) is 1. The van der Waals surface area contributed by atoms with Crippen molar-refractivity contribution in [2.24, 2.45) is 5.10 Å². The fourth-order valence-electron chi connectivity index (χ4n) is 1.26. The first-order chi connectivity index (χ1) is 9.42. The lowest BCUT2D eigenvalue weighted by Crippen LogP contribution is -2.33. The first-order valence-corrected chi connectivity index (χ1v) is 5.60. The van der Waals surface area contributed by atoms with Gasteiger partial charge < -0.3 is 10.2 Å². The van der Waals surface area contributed by atoms with Gasteiger partial charge >= 0.3 is 6.09 Å². The molecule has 8 heteroatoms. The normalized spacial score (nSPS) is 12.0. The van der Waals surface area contributed by atoms with Crippen molar-refractivity contribution in [2.45, 2.75) is 13.0 Å². The van der Waals surface area contributed by atoms with E-state index >= 15 is 0 Å². The molecule has 0 saturated carbocycles. The molecule has 0 fully saturated rings. The number of halogens is 2. The Morgan fingerprint density at radius 2 is 1.90 bits per heavy atom. The summed E-state index contributed by atoms with van der Waals surface area (Å²) in [6, 6.07) is 2.22. The number of hydrazone groups is 1. The third-order valence-electron chi connectivity index (χ3n) is 2.05. The second kappa shape index (κ2) is 7.17. The number of hydrogen-bond donors (Lipinski definition) is 2. The summed E-state index contributed by atoms with van der Waals surface area (Å²) < 4.78 is 30.6. The summed E-state index contributed by atoms with van der Waals surface area (Å²) in [5.74, 6) is -2.80. The number of imide groups is 1. The largest absolute Gasteiger partial charge is 0.440 e. The minimum Gasteiger partial charge on any atom is -0.440 e. The van der Waals surface area contributed by atoms with Gasteiger partial charge in [-0.25, -0.2) is 13.6 Å². The Morgan fingerprint density at radius 3 is 2.45 bits per heavy atom. The topological polar surface area (TPSA) is 79.8 Å². The van der Waals surface area contributed by atoms with E-state index in [0.29, 0.717) is 6.07 Å². The molecule has 0 aliphatic heterocycles. The predicted octanol–water partition coefficient (Wildman–Crippen LogP) is 1.42. The van der Waals surface area contributed by atoms with Crippen LogP contribution in [0.5, 0.6) is 0 Å². The summed E-state index contributed by atoms with van der Waals surface area (Å²) in [4.78, 5) is 22.9. The Hall–Kier alpha value is -2.51. The molecule has 1 aromatic rings. The highest BCUT2D eigenvalue weighted by Gasteiger charge is 2.15. The molecular weight excluding hydrogens is 272 g/mol. The molecule has 0 heterocycles. The summed E-state index contributed by atoms with van der Waals surface area (Å²) >= 11 is 0. The maximum Gasteiger partial charge on any atom is 0.414 e. The maximum atomic E-state index is 12.9. The minimum atomic E-state index is -1.05. The first-order valence-electron chi connectivity index (χ1n) is 5.60. The van der Waals surface area contributed by atoms with E-state index in [4.69, 9.17) is 4.74 Å². The molecule has 6 nitrogen and oxygen atoms in total. The van der Waals surface area contributed by atoms with Gasteiger partial charge in [0.15, 0.2) is 0 Å². The Kier molecular flexibility index (Phi) is 5.57. The fourth-order valence-corrected chi connectivity index (χ4v) is 1.26. The number of benzene rings is 1. The molecule has 0 aliphatic carbocycles. The van der Waals surface area contributed by atoms with E-state index in [1.165, 1.54) is 13.1 Å². The second-order valence-corrected chi connectivity index (χ2v) is 3.72. The van der Waals surface area contributed by atoms with E-state index in [2.05, 4.69) is 10.5 Å². The second-order valence-electron chi connectivity index (χ2n) is 3.72. The van der Waals surface area contributed by atoms with Crippen molar-refractivity contribution in [1.82, 2.24) is 10.7 Å². The number of nitrogens with zero attached hydrogens (tertiary/aromatic N) is 1. The molecule has 1 aromatic carbocycles. The Labute approximate surface area is 113 Å². The maximum absolute atomic E-state index is 12.9. The van der Waals surface area contributed by atoms with Crippen LogP contribution in [0.4, 0.5) is 13.6 Å². The summed E-state index contributed by atoms with van der Waals surface area (Å²) in [5.41, 5.74) is 2.14. The van der Waals surface area contributed by atoms with Crippen LogP contribution < -0.4 is 10.7 Å². The van der Waals surface area contributed by atoms with E-state index < -0.39 is 29.7 Å². The molecule has 0 unspecified atom stereocenters. The standard InChI is InChI=1S/C12H13F2N3O3/c1-7(6-16-15-2)20-12(19)17-11(18)8-3-9(13)5-10(14)4-8/h3-7,15H,1-2H3,(H,17,18,19)/b16-6+/t7-/m0/s1. The SMILES string of the molecule is CN/N=C/[C@H](C)OC(=O)NC(=O)c1cc(F)cc(F)c1. The molecule has 0 aliphatic rings. The number of carbonyl (C=O) groups excluding carboxylic acids is 2. The number of amides is 2. The van der Waals surface area contributed by atoms with Crippen LogP contribution >= 0.6 is 0 Å². The van der Waals surface area contributed by atoms with Crippen molar-refractivity contribution >= 4 is 18.2 Å². The molecule has 0 radical (unpaired) electrons. The van der Waals surface area contributed by atoms with Gasteiger partial charge in [-0.1, -0.05) is 0 Å². The molecular formula is C12H13F2N3O3. The van der Waals surface area contributed by atoms with Crippen molar-refractivity contribution in [2.75, 3.05) is 7.05 Å². The average molecular weight is 285 g/mol. The zero-order chi connectivity index (χ0) is 15.1. The van der Waals surface area contributed by atoms with Gasteiger partial charge in [-0.2, -0.15) is 5.10 Å². The van der Waals surface area contributed by atoms with Gasteiger partial charge in [-0.05, 0) is 19.1 Å². The summed E-state index contributed by atoms with van der Waals surface area (Å²) in [7, 11) is 1.56. The molecule has 0 aromatic heterocycles. The average Bonchev–Trinajstić information content (AvgIpc) is 2.34. The van der Waals surface area contributed by atoms with Crippen molar-refractivity contribution in [3.8, 4) is 0 Å². The quantitative estimate of drug-likeness (QED) is 0.648. The number of rotatable bonds is 4. The van der Waals surface area contributed by atoms with Gasteiger partial charge in [0.05, 0.1) is 6.21 Å². The zero-order valence-corrected chi connectivity index (χ0v) is 10.8. The first kappa shape index (κ1) is 15.5. The van der Waals surface area contributed by atoms with Gasteiger partial charge in [-0.3, -0.25) is 10.1 Å². The third kappa shape index (κ3) is 5.01. The summed E-state index contributed by atoms with van der Waals surface area (Å²) in [6.45, 7) is 1.52. The van der Waals surface area contributed by atoms with Crippen molar-refractivity contribution in [3.05, 3.63) is 35.4 Å². The fraction of sp³-hybridized carbons (Fsp3) is 0.250. The molecule has 20 heavy (non-hydrogen) atoms. The number of carbonyl (C=O) groups is 2. The highest BCUT2D eigenvalue weighted by atomic mass is 19.1. The van der Waals surface area contributed by atoms with Crippen LogP contribution in [0.1, 0.15) is 17.3 Å². The molecule has 108 valence electrons. The lowest BCUT2D eigenvalue weighted by atomic mass is 10.2. The molecule has 1 atom stereocenters. The Bertz CT molecular complexity index is 514. The molecule has 0 bridgehead atoms. The van der Waals surface area contributed by atoms with Gasteiger partial charge in [-0.15, -0.1) is 0 Å². The van der Waals surface area contributed by atoms with Gasteiger partial charge in [0.25, 0.3) is 5.91 Å². The highest BCUT2D eigenvalue weighted by Crippen LogP contribution is 2.07. The molecule has 2 amide bonds. The lowest BCUT2D eigenvalue weighted by molar-refractivity contribution is 0.0907. The van der Waals surface area contributed by atoms with Gasteiger partial charge in [0.2, 0.25) is 0 Å². The van der Waals surface area contributed by atoms with Gasteiger partial charge in [0, 0.05) is 18.7 Å². The Morgan fingerprint density at radius 1 is 1.30 bits per heavy atom. The lowest BCUT2D eigenvalue weighted by Gasteiger charge is -2.09. The molecule has 0 spiro atoms. The van der Waals surface area contributed by atoms with E-state index in [-0.39, 0.29) is 5.56 Å². The zero-order valence-electron chi connectivity index (χ0n) is 10.8. The monoisotopic (exact) mass is 285 g/mol. The number of ether oxygens (including phenoxy) is 1. The Balaban J connectivity index is 2.61. The van der Waals surface area contributed by atoms with Crippen molar-refractivity contribution in [1.29, 1.82) is 0 Å². The third-order valence-corrected chi connectivity index (χ3v) is 2.05. The van der Waals surface area contributed by atoms with Crippen LogP contribution in [-0.2, 0) is 4.74 Å². The van der Waals surface area contributed by atoms with E-state index in [1.54, 1.807) is 7.05 Å². The van der Waals surface area contributed by atoms with Gasteiger partial charge in [0.1, 0.15) is 17.7 Å². The number of nitrogens with one attached hydrogen (secondary N) is 2. The van der Waals surface area contributed by atoms with Crippen molar-refractivity contribution in [3.63, 3.8) is 0 Å². The summed E-state index contributed by atoms with van der Waals surface area (Å²) in [6.07, 6.45) is -0.430. The predicted molar refractivity (Wildman–Crippen MR) is 67.3 cm³/mol. The molecule has 1 rings (SSSR count). The smallest absolute Gasteiger partial charge is 0.414 e. The van der Waals surface area contributed by atoms with E-state index in [0.717, 1.165) is 12.1 Å².